The molecular weight excluding hydrogens is 436 g/mol. The summed E-state index contributed by atoms with van der Waals surface area (Å²) in [6.07, 6.45) is 2.90. The van der Waals surface area contributed by atoms with Gasteiger partial charge >= 0.3 is 0 Å². The van der Waals surface area contributed by atoms with Gasteiger partial charge in [0.2, 0.25) is 9.84 Å². The molecule has 0 aromatic carbocycles. The van der Waals surface area contributed by atoms with Crippen molar-refractivity contribution < 1.29 is 8.42 Å². The van der Waals surface area contributed by atoms with Crippen LogP contribution < -0.4 is 11.1 Å². The quantitative estimate of drug-likeness (QED) is 0.433. The highest BCUT2D eigenvalue weighted by molar-refractivity contribution is 7.90. The highest BCUT2D eigenvalue weighted by Gasteiger charge is 2.23. The Kier molecular flexibility index (Phi) is 5.08. The smallest absolute Gasteiger partial charge is 0.250 e. The van der Waals surface area contributed by atoms with Crippen LogP contribution in [0.1, 0.15) is 24.2 Å². The molecule has 158 valence electrons. The number of pyridine rings is 1. The number of anilines is 2. The number of nitriles is 1. The first kappa shape index (κ1) is 20.7. The predicted octanol–water partition coefficient (Wildman–Crippen LogP) is 2.52. The average molecular weight is 455 g/mol. The van der Waals surface area contributed by atoms with Crippen molar-refractivity contribution in [3.05, 3.63) is 40.5 Å². The number of sulfone groups is 1. The molecule has 0 aliphatic carbocycles. The van der Waals surface area contributed by atoms with Crippen molar-refractivity contribution in [3.8, 4) is 17.3 Å². The first-order chi connectivity index (χ1) is 14.7. The second-order valence-corrected chi connectivity index (χ2v) is 9.62. The molecule has 4 rings (SSSR count). The number of hydrogen-bond acceptors (Lipinski definition) is 10. The number of thiazole rings is 1. The molecule has 1 atom stereocenters. The van der Waals surface area contributed by atoms with Crippen LogP contribution in [-0.2, 0) is 16.9 Å². The minimum Gasteiger partial charge on any atom is -0.382 e. The third-order valence-electron chi connectivity index (χ3n) is 4.73. The summed E-state index contributed by atoms with van der Waals surface area (Å²) in [5, 5.41) is 14.1. The minimum atomic E-state index is -3.72. The molecule has 4 heterocycles. The lowest BCUT2D eigenvalue weighted by molar-refractivity contribution is 0.593. The van der Waals surface area contributed by atoms with Crippen molar-refractivity contribution >= 4 is 43.8 Å². The second-order valence-electron chi connectivity index (χ2n) is 6.99. The van der Waals surface area contributed by atoms with E-state index in [2.05, 4.69) is 20.3 Å². The third-order valence-corrected chi connectivity index (χ3v) is 6.16. The molecule has 12 heteroatoms. The molecule has 0 bridgehead atoms. The van der Waals surface area contributed by atoms with Crippen LogP contribution in [0.25, 0.3) is 22.3 Å². The molecule has 0 aliphatic heterocycles. The van der Waals surface area contributed by atoms with E-state index in [1.807, 2.05) is 48.3 Å². The van der Waals surface area contributed by atoms with Crippen LogP contribution >= 0.6 is 11.3 Å². The Bertz CT molecular complexity index is 1440. The maximum Gasteiger partial charge on any atom is 0.250 e. The van der Waals surface area contributed by atoms with Crippen molar-refractivity contribution in [1.29, 1.82) is 5.26 Å². The molecule has 31 heavy (non-hydrogen) atoms. The summed E-state index contributed by atoms with van der Waals surface area (Å²) in [6.45, 7) is 1.84. The van der Waals surface area contributed by atoms with Crippen molar-refractivity contribution in [2.24, 2.45) is 7.05 Å². The molecule has 0 spiro atoms. The number of aryl methyl sites for hydroxylation is 1. The summed E-state index contributed by atoms with van der Waals surface area (Å²) in [5.74, 6) is -0.180. The van der Waals surface area contributed by atoms with Gasteiger partial charge in [0.15, 0.2) is 5.82 Å². The maximum atomic E-state index is 11.9. The Morgan fingerprint density at radius 3 is 2.74 bits per heavy atom. The molecule has 4 aromatic heterocycles. The van der Waals surface area contributed by atoms with Gasteiger partial charge in [0.05, 0.1) is 34.0 Å². The van der Waals surface area contributed by atoms with Gasteiger partial charge in [-0.25, -0.2) is 18.4 Å². The van der Waals surface area contributed by atoms with Crippen LogP contribution in [0, 0.1) is 11.3 Å². The lowest BCUT2D eigenvalue weighted by atomic mass is 10.0. The standard InChI is InChI=1S/C19H18N8O2S2/c1-10(23-18-12(7-20)17(21)25-19(26-18)31(3,28)29)16-11(14-8-30-9-22-14)6-15-13(24-16)4-5-27(15)2/h4-6,8-10H,1-3H3,(H3,21,23,25,26). The van der Waals surface area contributed by atoms with Crippen LogP contribution in [-0.4, -0.2) is 39.2 Å². The topological polar surface area (TPSA) is 152 Å². The van der Waals surface area contributed by atoms with Crippen LogP contribution in [0.5, 0.6) is 0 Å². The fourth-order valence-electron chi connectivity index (χ4n) is 3.19. The van der Waals surface area contributed by atoms with Gasteiger partial charge in [0.1, 0.15) is 17.5 Å². The highest BCUT2D eigenvalue weighted by atomic mass is 32.2. The molecule has 0 fully saturated rings. The molecule has 0 saturated heterocycles. The number of fused-ring (bicyclic) bond motifs is 1. The number of aromatic nitrogens is 5. The van der Waals surface area contributed by atoms with Crippen LogP contribution in [0.2, 0.25) is 0 Å². The average Bonchev–Trinajstić information content (AvgIpc) is 3.36. The number of nitrogens with two attached hydrogens (primary N) is 1. The Morgan fingerprint density at radius 2 is 2.10 bits per heavy atom. The molecule has 1 unspecified atom stereocenters. The zero-order valence-corrected chi connectivity index (χ0v) is 18.5. The van der Waals surface area contributed by atoms with Gasteiger partial charge in [0.25, 0.3) is 5.16 Å². The summed E-state index contributed by atoms with van der Waals surface area (Å²) in [7, 11) is -1.79. The number of nitrogens with one attached hydrogen (secondary N) is 1. The second kappa shape index (κ2) is 7.60. The fraction of sp³-hybridized carbons (Fsp3) is 0.211. The van der Waals surface area contributed by atoms with Crippen LogP contribution in [0.4, 0.5) is 11.6 Å². The molecule has 0 amide bonds. The largest absolute Gasteiger partial charge is 0.382 e. The lowest BCUT2D eigenvalue weighted by Gasteiger charge is -2.19. The molecule has 10 nitrogen and oxygen atoms in total. The SMILES string of the molecule is CC(Nc1nc(S(C)(=O)=O)nc(N)c1C#N)c1nc2ccn(C)c2cc1-c1cscn1. The van der Waals surface area contributed by atoms with E-state index in [0.29, 0.717) is 5.69 Å². The Balaban J connectivity index is 1.85. The molecule has 3 N–H and O–H groups in total. The van der Waals surface area contributed by atoms with Gasteiger partial charge in [-0.1, -0.05) is 0 Å². The van der Waals surface area contributed by atoms with E-state index >= 15 is 0 Å². The zero-order valence-electron chi connectivity index (χ0n) is 16.9. The number of nitrogens with zero attached hydrogens (tertiary/aromatic N) is 6. The number of rotatable bonds is 5. The van der Waals surface area contributed by atoms with Crippen molar-refractivity contribution in [1.82, 2.24) is 24.5 Å². The van der Waals surface area contributed by atoms with Crippen molar-refractivity contribution in [3.63, 3.8) is 0 Å². The zero-order chi connectivity index (χ0) is 22.3. The molecule has 0 radical (unpaired) electrons. The molecule has 4 aromatic rings. The summed E-state index contributed by atoms with van der Waals surface area (Å²) >= 11 is 1.47. The van der Waals surface area contributed by atoms with Crippen LogP contribution in [0.15, 0.2) is 34.4 Å². The van der Waals surface area contributed by atoms with Gasteiger partial charge in [-0.15, -0.1) is 11.3 Å². The lowest BCUT2D eigenvalue weighted by Crippen LogP contribution is -2.16. The normalized spacial score (nSPS) is 12.6. The highest BCUT2D eigenvalue weighted by Crippen LogP contribution is 2.32. The minimum absolute atomic E-state index is 0.0297. The fourth-order valence-corrected chi connectivity index (χ4v) is 4.26. The van der Waals surface area contributed by atoms with E-state index in [9.17, 15) is 13.7 Å². The van der Waals surface area contributed by atoms with E-state index in [1.54, 1.807) is 5.51 Å². The van der Waals surface area contributed by atoms with E-state index in [-0.39, 0.29) is 17.2 Å². The molecule has 0 saturated carbocycles. The van der Waals surface area contributed by atoms with Gasteiger partial charge in [-0.3, -0.25) is 0 Å². The molecule has 0 aliphatic rings. The van der Waals surface area contributed by atoms with Crippen LogP contribution in [0.3, 0.4) is 0 Å². The Hall–Kier alpha value is -3.56. The first-order valence-corrected chi connectivity index (χ1v) is 11.9. The van der Waals surface area contributed by atoms with Crippen molar-refractivity contribution in [2.75, 3.05) is 17.3 Å². The summed E-state index contributed by atoms with van der Waals surface area (Å²) in [5.41, 5.74) is 11.5. The summed E-state index contributed by atoms with van der Waals surface area (Å²) in [6, 6.07) is 5.39. The monoisotopic (exact) mass is 454 g/mol. The predicted molar refractivity (Wildman–Crippen MR) is 118 cm³/mol. The van der Waals surface area contributed by atoms with Gasteiger partial charge < -0.3 is 15.6 Å². The Morgan fingerprint density at radius 1 is 1.32 bits per heavy atom. The maximum absolute atomic E-state index is 11.9. The first-order valence-electron chi connectivity index (χ1n) is 9.07. The third kappa shape index (κ3) is 3.80. The molecular formula is C19H18N8O2S2. The van der Waals surface area contributed by atoms with E-state index in [1.165, 1.54) is 11.3 Å². The number of nitrogen functional groups attached to an aromatic ring is 1. The van der Waals surface area contributed by atoms with E-state index in [0.717, 1.165) is 28.5 Å². The summed E-state index contributed by atoms with van der Waals surface area (Å²) in [4.78, 5) is 17.0. The van der Waals surface area contributed by atoms with Gasteiger partial charge in [-0.2, -0.15) is 15.2 Å². The Labute approximate surface area is 182 Å². The van der Waals surface area contributed by atoms with Crippen molar-refractivity contribution in [2.45, 2.75) is 18.1 Å². The van der Waals surface area contributed by atoms with Gasteiger partial charge in [0, 0.05) is 30.4 Å². The van der Waals surface area contributed by atoms with Gasteiger partial charge in [-0.05, 0) is 19.1 Å². The summed E-state index contributed by atoms with van der Waals surface area (Å²) < 4.78 is 25.8. The van der Waals surface area contributed by atoms with E-state index < -0.39 is 21.0 Å². The van der Waals surface area contributed by atoms with E-state index in [4.69, 9.17) is 10.7 Å². The number of hydrogen-bond donors (Lipinski definition) is 2.